The first-order chi connectivity index (χ1) is 22.9. The van der Waals surface area contributed by atoms with Gasteiger partial charge in [0.1, 0.15) is 42.7 Å². The minimum Gasteiger partial charge on any atom is -0.394 e. The molecule has 3 saturated heterocycles. The third-order valence-corrected chi connectivity index (χ3v) is 9.21. The number of rotatable bonds is 14. The first-order valence-corrected chi connectivity index (χ1v) is 16.5. The molecule has 278 valence electrons. The average Bonchev–Trinajstić information content (AvgIpc) is 3.35. The predicted octanol–water partition coefficient (Wildman–Crippen LogP) is -6.60. The van der Waals surface area contributed by atoms with Gasteiger partial charge in [-0.25, -0.2) is 0 Å². The van der Waals surface area contributed by atoms with Crippen LogP contribution >= 0.6 is 0 Å². The van der Waals surface area contributed by atoms with Crippen molar-refractivity contribution >= 4 is 11.9 Å². The molecule has 3 heterocycles. The summed E-state index contributed by atoms with van der Waals surface area (Å²) in [5, 5.41) is 46.0. The number of carbonyl (C=O) groups excluding carboxylic acids is 1. The van der Waals surface area contributed by atoms with Crippen LogP contribution < -0.4 is 45.5 Å². The lowest BCUT2D eigenvalue weighted by molar-refractivity contribution is -0.288. The summed E-state index contributed by atoms with van der Waals surface area (Å²) in [4.78, 5) is 16.6. The van der Waals surface area contributed by atoms with Gasteiger partial charge in [-0.05, 0) is 32.1 Å². The van der Waals surface area contributed by atoms with E-state index >= 15 is 0 Å². The van der Waals surface area contributed by atoms with Gasteiger partial charge in [-0.3, -0.25) is 9.79 Å². The maximum absolute atomic E-state index is 12.9. The summed E-state index contributed by atoms with van der Waals surface area (Å²) >= 11 is 0. The van der Waals surface area contributed by atoms with E-state index in [1.807, 2.05) is 0 Å². The van der Waals surface area contributed by atoms with Crippen LogP contribution in [0.1, 0.15) is 38.5 Å². The largest absolute Gasteiger partial charge is 0.394 e. The molecule has 1 aliphatic carbocycles. The normalized spacial score (nSPS) is 42.6. The topological polar surface area (TPSA) is 360 Å². The van der Waals surface area contributed by atoms with Gasteiger partial charge in [-0.1, -0.05) is 0 Å². The zero-order valence-electron chi connectivity index (χ0n) is 26.9. The number of guanidine groups is 1. The second kappa shape index (κ2) is 17.9. The van der Waals surface area contributed by atoms with Crippen molar-refractivity contribution in [2.45, 2.75) is 136 Å². The molecular weight excluding hydrogens is 638 g/mol. The fourth-order valence-corrected chi connectivity index (χ4v) is 6.40. The fraction of sp³-hybridized carbons (Fsp3) is 0.929. The molecule has 0 aromatic rings. The number of aliphatic hydroxyl groups excluding tert-OH is 4. The Morgan fingerprint density at radius 1 is 0.812 bits per heavy atom. The van der Waals surface area contributed by atoms with Crippen molar-refractivity contribution < 1.29 is 53.6 Å². The summed E-state index contributed by atoms with van der Waals surface area (Å²) in [5.41, 5.74) is 41.3. The van der Waals surface area contributed by atoms with Gasteiger partial charge in [0.05, 0.1) is 36.9 Å². The summed E-state index contributed by atoms with van der Waals surface area (Å²) in [5.74, 6) is -0.993. The van der Waals surface area contributed by atoms with E-state index in [1.54, 1.807) is 0 Å². The Balaban J connectivity index is 1.52. The van der Waals surface area contributed by atoms with Crippen LogP contribution in [0.5, 0.6) is 0 Å². The van der Waals surface area contributed by atoms with Gasteiger partial charge >= 0.3 is 0 Å². The van der Waals surface area contributed by atoms with E-state index in [9.17, 15) is 25.2 Å². The number of aliphatic imine (C=N–C) groups is 1. The third kappa shape index (κ3) is 9.68. The lowest BCUT2D eigenvalue weighted by Gasteiger charge is -2.46. The van der Waals surface area contributed by atoms with E-state index in [0.29, 0.717) is 25.7 Å². The fourth-order valence-electron chi connectivity index (χ4n) is 6.40. The highest BCUT2D eigenvalue weighted by Gasteiger charge is 2.53. The Morgan fingerprint density at radius 3 is 1.92 bits per heavy atom. The predicted molar refractivity (Wildman–Crippen MR) is 168 cm³/mol. The van der Waals surface area contributed by atoms with Crippen molar-refractivity contribution in [3.8, 4) is 0 Å². The van der Waals surface area contributed by atoms with Gasteiger partial charge in [-0.2, -0.15) is 0 Å². The number of hydrogen-bond donors (Lipinski definition) is 12. The maximum Gasteiger partial charge on any atom is 0.249 e. The molecule has 0 spiro atoms. The molecule has 4 fully saturated rings. The molecule has 20 heteroatoms. The highest BCUT2D eigenvalue weighted by atomic mass is 16.8. The van der Waals surface area contributed by atoms with E-state index in [1.165, 1.54) is 0 Å². The van der Waals surface area contributed by atoms with E-state index in [2.05, 4.69) is 10.3 Å². The molecule has 0 bridgehead atoms. The molecule has 4 rings (SSSR count). The quantitative estimate of drug-likeness (QED) is 0.0594. The Hall–Kier alpha value is -1.86. The van der Waals surface area contributed by atoms with E-state index < -0.39 is 98.3 Å². The summed E-state index contributed by atoms with van der Waals surface area (Å²) in [7, 11) is 0. The number of nitrogens with zero attached hydrogens (tertiary/aromatic N) is 1. The smallest absolute Gasteiger partial charge is 0.249 e. The molecule has 20 nitrogen and oxygen atoms in total. The van der Waals surface area contributed by atoms with Crippen molar-refractivity contribution in [2.24, 2.45) is 45.1 Å². The summed E-state index contributed by atoms with van der Waals surface area (Å²) in [6.45, 7) is -0.0826. The van der Waals surface area contributed by atoms with Crippen LogP contribution in [0.25, 0.3) is 0 Å². The molecule has 48 heavy (non-hydrogen) atoms. The van der Waals surface area contributed by atoms with E-state index in [-0.39, 0.29) is 50.6 Å². The molecule has 1 saturated carbocycles. The average molecular weight is 694 g/mol. The van der Waals surface area contributed by atoms with Crippen LogP contribution in [0.15, 0.2) is 4.99 Å². The van der Waals surface area contributed by atoms with Gasteiger partial charge in [0.2, 0.25) is 5.91 Å². The monoisotopic (exact) mass is 693 g/mol. The van der Waals surface area contributed by atoms with Crippen LogP contribution in [-0.4, -0.2) is 157 Å². The lowest BCUT2D eigenvalue weighted by atomic mass is 9.83. The summed E-state index contributed by atoms with van der Waals surface area (Å²) in [6, 6.07) is -2.98. The third-order valence-electron chi connectivity index (χ3n) is 9.21. The van der Waals surface area contributed by atoms with E-state index in [4.69, 9.17) is 68.6 Å². The first kappa shape index (κ1) is 38.9. The number of nitrogens with one attached hydrogen (secondary N) is 1. The molecule has 0 unspecified atom stereocenters. The molecule has 0 aromatic carbocycles. The Morgan fingerprint density at radius 2 is 1.38 bits per heavy atom. The van der Waals surface area contributed by atoms with Crippen LogP contribution in [0.2, 0.25) is 0 Å². The van der Waals surface area contributed by atoms with E-state index in [0.717, 1.165) is 0 Å². The zero-order chi connectivity index (χ0) is 35.1. The molecule has 0 radical (unpaired) electrons. The number of hydrogen-bond acceptors (Lipinski definition) is 17. The molecule has 3 aliphatic heterocycles. The molecule has 16 atom stereocenters. The van der Waals surface area contributed by atoms with Gasteiger partial charge in [0.25, 0.3) is 0 Å². The van der Waals surface area contributed by atoms with Crippen LogP contribution in [0.3, 0.4) is 0 Å². The van der Waals surface area contributed by atoms with Gasteiger partial charge < -0.3 is 94.3 Å². The lowest BCUT2D eigenvalue weighted by Crippen LogP contribution is -2.67. The maximum atomic E-state index is 12.9. The molecule has 4 aliphatic rings. The first-order valence-electron chi connectivity index (χ1n) is 16.5. The van der Waals surface area contributed by atoms with Crippen LogP contribution in [-0.2, 0) is 33.2 Å². The summed E-state index contributed by atoms with van der Waals surface area (Å²) in [6.07, 6.45) is -10.8. The minimum absolute atomic E-state index is 0.00136. The number of amides is 1. The second-order valence-electron chi connectivity index (χ2n) is 12.8. The Kier molecular flexibility index (Phi) is 14.5. The van der Waals surface area contributed by atoms with Crippen molar-refractivity contribution in [2.75, 3.05) is 26.2 Å². The van der Waals surface area contributed by atoms with Crippen LogP contribution in [0.4, 0.5) is 0 Å². The zero-order valence-corrected chi connectivity index (χ0v) is 26.9. The van der Waals surface area contributed by atoms with Crippen molar-refractivity contribution in [1.29, 1.82) is 0 Å². The Labute approximate surface area is 278 Å². The van der Waals surface area contributed by atoms with Gasteiger partial charge in [0, 0.05) is 32.1 Å². The van der Waals surface area contributed by atoms with Gasteiger partial charge in [-0.15, -0.1) is 0 Å². The highest BCUT2D eigenvalue weighted by molar-refractivity contribution is 5.81. The number of ether oxygens (including phenoxy) is 6. The number of aliphatic hydroxyl groups is 4. The van der Waals surface area contributed by atoms with Crippen molar-refractivity contribution in [3.05, 3.63) is 0 Å². The second-order valence-corrected chi connectivity index (χ2v) is 12.8. The standard InChI is InChI=1S/C28H55N9O11/c29-8-11-1-3-13(31)25(43-11)46-21-15(33)7-16(37-24(42)17(39)5-6-36-28(34)35)19(40)23(21)48-27-20(41)22(18(10-38)45-27)47-26-14(32)4-2-12(9-30)44-26/h11-23,25-27,38-41H,1-10,29-33H2,(H,37,42)(H4,34,35,36)/t11-,12+,13+,14+,15-,16+,17-,18+,19-,20+,21+,22+,23+,25+,26+,27-/m0/s1. The van der Waals surface area contributed by atoms with Gasteiger partial charge in [0.15, 0.2) is 24.8 Å². The molecule has 1 amide bonds. The molecule has 19 N–H and O–H groups in total. The minimum atomic E-state index is -1.50. The summed E-state index contributed by atoms with van der Waals surface area (Å²) < 4.78 is 36.1. The van der Waals surface area contributed by atoms with Crippen LogP contribution in [0, 0.1) is 0 Å². The Bertz CT molecular complexity index is 1050. The number of nitrogens with two attached hydrogens (primary N) is 7. The van der Waals surface area contributed by atoms with Crippen molar-refractivity contribution in [3.63, 3.8) is 0 Å². The van der Waals surface area contributed by atoms with Crippen molar-refractivity contribution in [1.82, 2.24) is 5.32 Å². The molecule has 0 aromatic heterocycles. The number of carbonyl (C=O) groups is 1. The SMILES string of the molecule is NC[C@@H]1CC[C@@H](N)[C@@H](O[C@H]2[C@H](O[C@@H]3O[C@H](CO)[C@@H](O[C@H]4O[C@@H](CN)CC[C@H]4N)[C@H]3O)[C@@H](O)[C@H](NC(=O)[C@@H](O)CCN=C(N)N)C[C@@H]2N)O1. The highest BCUT2D eigenvalue weighted by Crippen LogP contribution is 2.34. The molecular formula is C28H55N9O11.